The van der Waals surface area contributed by atoms with E-state index in [-0.39, 0.29) is 5.41 Å². The zero-order valence-electron chi connectivity index (χ0n) is 12.6. The van der Waals surface area contributed by atoms with E-state index in [0.717, 1.165) is 30.7 Å². The molecule has 4 fully saturated rings. The monoisotopic (exact) mass is 344 g/mol. The maximum atomic E-state index is 11.2. The van der Waals surface area contributed by atoms with E-state index in [4.69, 9.17) is 23.2 Å². The van der Waals surface area contributed by atoms with Crippen LogP contribution in [0, 0.1) is 22.2 Å². The van der Waals surface area contributed by atoms with Gasteiger partial charge >= 0.3 is 0 Å². The van der Waals surface area contributed by atoms with Gasteiger partial charge in [-0.3, -0.25) is 0 Å². The Morgan fingerprint density at radius 3 is 2.24 bits per heavy atom. The van der Waals surface area contributed by atoms with Crippen LogP contribution in [0.1, 0.15) is 64.0 Å². The summed E-state index contributed by atoms with van der Waals surface area (Å²) in [6.07, 6.45) is 6.97. The molecule has 1 nitrogen and oxygen atoms in total. The number of hydrogen-bond acceptors (Lipinski definition) is 2. The lowest BCUT2D eigenvalue weighted by Gasteiger charge is -2.66. The van der Waals surface area contributed by atoms with Crippen LogP contribution in [0.2, 0.25) is 8.67 Å². The van der Waals surface area contributed by atoms with Crippen molar-refractivity contribution in [2.24, 2.45) is 22.2 Å². The summed E-state index contributed by atoms with van der Waals surface area (Å²) in [7, 11) is 0. The standard InChI is InChI=1S/C17H22Cl2OS/c1-15-4-10-5-16(2,7-15)9-17(6-10,8-15)13(20)11-3-12(18)21-14(11)19/h3,10,13,20H,4-9H2,1-2H3. The molecule has 1 aromatic heterocycles. The molecule has 4 saturated carbocycles. The van der Waals surface area contributed by atoms with Crippen molar-refractivity contribution in [2.45, 2.75) is 58.5 Å². The molecular formula is C17H22Cl2OS. The third kappa shape index (κ3) is 2.21. The minimum atomic E-state index is -0.462. The van der Waals surface area contributed by atoms with Gasteiger partial charge in [0.05, 0.1) is 10.4 Å². The van der Waals surface area contributed by atoms with Crippen LogP contribution in [0.4, 0.5) is 0 Å². The van der Waals surface area contributed by atoms with Crippen LogP contribution < -0.4 is 0 Å². The molecule has 3 unspecified atom stereocenters. The van der Waals surface area contributed by atoms with Crippen molar-refractivity contribution < 1.29 is 5.11 Å². The summed E-state index contributed by atoms with van der Waals surface area (Å²) < 4.78 is 1.34. The molecule has 116 valence electrons. The lowest BCUT2D eigenvalue weighted by molar-refractivity contribution is -0.187. The molecule has 0 saturated heterocycles. The highest BCUT2D eigenvalue weighted by Gasteiger charge is 2.62. The number of rotatable bonds is 2. The first-order valence-electron chi connectivity index (χ1n) is 7.86. The molecule has 4 heteroatoms. The molecule has 0 spiro atoms. The topological polar surface area (TPSA) is 20.2 Å². The van der Waals surface area contributed by atoms with Gasteiger partial charge in [0, 0.05) is 11.0 Å². The first-order chi connectivity index (χ1) is 9.73. The average molecular weight is 345 g/mol. The van der Waals surface area contributed by atoms with E-state index in [2.05, 4.69) is 13.8 Å². The van der Waals surface area contributed by atoms with E-state index in [1.807, 2.05) is 6.07 Å². The summed E-state index contributed by atoms with van der Waals surface area (Å²) in [6.45, 7) is 4.86. The third-order valence-corrected chi connectivity index (χ3v) is 7.75. The second kappa shape index (κ2) is 4.41. The molecule has 0 aliphatic heterocycles. The Balaban J connectivity index is 1.75. The van der Waals surface area contributed by atoms with Gasteiger partial charge in [-0.2, -0.15) is 0 Å². The molecule has 1 aromatic rings. The fraction of sp³-hybridized carbons (Fsp3) is 0.765. The lowest BCUT2D eigenvalue weighted by atomic mass is 9.39. The van der Waals surface area contributed by atoms with Gasteiger partial charge in [0.25, 0.3) is 0 Å². The number of halogens is 2. The van der Waals surface area contributed by atoms with Gasteiger partial charge in [0.2, 0.25) is 0 Å². The Morgan fingerprint density at radius 1 is 1.14 bits per heavy atom. The van der Waals surface area contributed by atoms with Gasteiger partial charge in [-0.1, -0.05) is 37.0 Å². The van der Waals surface area contributed by atoms with Crippen LogP contribution in [0.25, 0.3) is 0 Å². The van der Waals surface area contributed by atoms with Crippen LogP contribution in [0.3, 0.4) is 0 Å². The van der Waals surface area contributed by atoms with E-state index in [1.54, 1.807) is 0 Å². The van der Waals surface area contributed by atoms with E-state index in [9.17, 15) is 5.11 Å². The number of thiophene rings is 1. The normalized spacial score (nSPS) is 46.0. The highest BCUT2D eigenvalue weighted by Crippen LogP contribution is 2.72. The van der Waals surface area contributed by atoms with Crippen molar-refractivity contribution in [2.75, 3.05) is 0 Å². The molecule has 1 heterocycles. The molecule has 4 aliphatic carbocycles. The number of aliphatic hydroxyl groups excluding tert-OH is 1. The Morgan fingerprint density at radius 2 is 1.76 bits per heavy atom. The molecule has 4 aliphatic rings. The smallest absolute Gasteiger partial charge is 0.100 e. The first-order valence-corrected chi connectivity index (χ1v) is 9.43. The molecule has 0 aromatic carbocycles. The Kier molecular flexibility index (Phi) is 3.11. The molecule has 5 rings (SSSR count). The summed E-state index contributed by atoms with van der Waals surface area (Å²) in [5.74, 6) is 0.777. The van der Waals surface area contributed by atoms with Crippen molar-refractivity contribution in [3.63, 3.8) is 0 Å². The van der Waals surface area contributed by atoms with Crippen LogP contribution >= 0.6 is 34.5 Å². The molecule has 0 radical (unpaired) electrons. The summed E-state index contributed by atoms with van der Waals surface area (Å²) >= 11 is 13.8. The minimum absolute atomic E-state index is 0.0109. The zero-order valence-corrected chi connectivity index (χ0v) is 14.9. The predicted molar refractivity (Wildman–Crippen MR) is 89.1 cm³/mol. The minimum Gasteiger partial charge on any atom is -0.388 e. The van der Waals surface area contributed by atoms with Crippen molar-refractivity contribution in [1.82, 2.24) is 0 Å². The highest BCUT2D eigenvalue weighted by molar-refractivity contribution is 7.20. The number of hydrogen-bond donors (Lipinski definition) is 1. The van der Waals surface area contributed by atoms with E-state index >= 15 is 0 Å². The van der Waals surface area contributed by atoms with Crippen molar-refractivity contribution in [1.29, 1.82) is 0 Å². The number of aliphatic hydroxyl groups is 1. The summed E-state index contributed by atoms with van der Waals surface area (Å²) in [6, 6.07) is 1.88. The maximum Gasteiger partial charge on any atom is 0.100 e. The quantitative estimate of drug-likeness (QED) is 0.688. The predicted octanol–water partition coefficient (Wildman–Crippen LogP) is 6.08. The third-order valence-electron chi connectivity index (χ3n) is 6.23. The van der Waals surface area contributed by atoms with Crippen LogP contribution in [0.15, 0.2) is 6.07 Å². The van der Waals surface area contributed by atoms with E-state index in [0.29, 0.717) is 19.5 Å². The van der Waals surface area contributed by atoms with E-state index in [1.165, 1.54) is 30.6 Å². The Labute approximate surface area is 140 Å². The molecular weight excluding hydrogens is 323 g/mol. The largest absolute Gasteiger partial charge is 0.388 e. The average Bonchev–Trinajstić information content (AvgIpc) is 2.62. The van der Waals surface area contributed by atoms with Gasteiger partial charge in [-0.25, -0.2) is 0 Å². The summed E-state index contributed by atoms with van der Waals surface area (Å²) in [5, 5.41) is 11.2. The Hall–Kier alpha value is 0.240. The van der Waals surface area contributed by atoms with Crippen molar-refractivity contribution >= 4 is 34.5 Å². The van der Waals surface area contributed by atoms with Crippen molar-refractivity contribution in [3.05, 3.63) is 20.3 Å². The van der Waals surface area contributed by atoms with Gasteiger partial charge < -0.3 is 5.11 Å². The molecule has 0 amide bonds. The van der Waals surface area contributed by atoms with Gasteiger partial charge in [0.15, 0.2) is 0 Å². The maximum absolute atomic E-state index is 11.2. The van der Waals surface area contributed by atoms with Crippen LogP contribution in [0.5, 0.6) is 0 Å². The fourth-order valence-electron chi connectivity index (χ4n) is 6.71. The fourth-order valence-corrected chi connectivity index (χ4v) is 8.23. The molecule has 21 heavy (non-hydrogen) atoms. The molecule has 1 N–H and O–H groups in total. The Bertz CT molecular complexity index is 578. The first kappa shape index (κ1) is 14.8. The van der Waals surface area contributed by atoms with Crippen LogP contribution in [-0.2, 0) is 0 Å². The van der Waals surface area contributed by atoms with E-state index < -0.39 is 6.10 Å². The summed E-state index contributed by atoms with van der Waals surface area (Å²) in [5.41, 5.74) is 1.68. The lowest BCUT2D eigenvalue weighted by Crippen LogP contribution is -2.56. The second-order valence-electron chi connectivity index (χ2n) is 8.67. The molecule has 4 bridgehead atoms. The highest BCUT2D eigenvalue weighted by atomic mass is 35.5. The van der Waals surface area contributed by atoms with Crippen molar-refractivity contribution in [3.8, 4) is 0 Å². The zero-order chi connectivity index (χ0) is 15.0. The van der Waals surface area contributed by atoms with Crippen LogP contribution in [-0.4, -0.2) is 5.11 Å². The van der Waals surface area contributed by atoms with Gasteiger partial charge in [-0.15, -0.1) is 11.3 Å². The van der Waals surface area contributed by atoms with Gasteiger partial charge in [-0.05, 0) is 61.3 Å². The second-order valence-corrected chi connectivity index (χ2v) is 11.0. The van der Waals surface area contributed by atoms with Gasteiger partial charge in [0.1, 0.15) is 4.34 Å². The SMILES string of the molecule is CC12CC3CC(C)(C1)CC(C(O)c1cc(Cl)sc1Cl)(C3)C2. The molecule has 3 atom stereocenters. The summed E-state index contributed by atoms with van der Waals surface area (Å²) in [4.78, 5) is 0.